The predicted molar refractivity (Wildman–Crippen MR) is 105 cm³/mol. The molecule has 2 aromatic heterocycles. The number of imidazole rings is 1. The molecule has 0 atom stereocenters. The van der Waals surface area contributed by atoms with Crippen molar-refractivity contribution < 1.29 is 5.11 Å². The largest absolute Gasteiger partial charge is 0.394 e. The van der Waals surface area contributed by atoms with Gasteiger partial charge in [0.15, 0.2) is 11.2 Å². The van der Waals surface area contributed by atoms with Crippen LogP contribution in [-0.2, 0) is 20.6 Å². The summed E-state index contributed by atoms with van der Waals surface area (Å²) >= 11 is 3.42. The Morgan fingerprint density at radius 1 is 1.15 bits per heavy atom. The third kappa shape index (κ3) is 2.72. The van der Waals surface area contributed by atoms with Gasteiger partial charge in [-0.15, -0.1) is 0 Å². The maximum atomic E-state index is 12.8. The number of benzene rings is 1. The predicted octanol–water partition coefficient (Wildman–Crippen LogP) is 0.413. The number of anilines is 1. The van der Waals surface area contributed by atoms with Crippen LogP contribution in [0.4, 0.5) is 5.95 Å². The first-order valence-electron chi connectivity index (χ1n) is 8.30. The van der Waals surface area contributed by atoms with Gasteiger partial charge in [0.2, 0.25) is 5.95 Å². The summed E-state index contributed by atoms with van der Waals surface area (Å²) in [6, 6.07) is 7.69. The lowest BCUT2D eigenvalue weighted by atomic mass is 10.1. The van der Waals surface area contributed by atoms with E-state index in [0.717, 1.165) is 20.3 Å². The number of fused-ring (bicyclic) bond motifs is 3. The molecule has 0 fully saturated rings. The number of hydrazone groups is 1. The van der Waals surface area contributed by atoms with Gasteiger partial charge in [-0.25, -0.2) is 9.80 Å². The van der Waals surface area contributed by atoms with Crippen LogP contribution in [0, 0.1) is 0 Å². The van der Waals surface area contributed by atoms with Crippen molar-refractivity contribution in [3.05, 3.63) is 55.1 Å². The highest BCUT2D eigenvalue weighted by Gasteiger charge is 2.27. The molecule has 10 heteroatoms. The normalized spacial score (nSPS) is 13.8. The van der Waals surface area contributed by atoms with E-state index < -0.39 is 11.2 Å². The summed E-state index contributed by atoms with van der Waals surface area (Å²) in [6.45, 7) is 0.428. The minimum absolute atomic E-state index is 0.128. The lowest BCUT2D eigenvalue weighted by Crippen LogP contribution is -2.38. The highest BCUT2D eigenvalue weighted by atomic mass is 79.9. The third-order valence-electron chi connectivity index (χ3n) is 4.60. The van der Waals surface area contributed by atoms with Crippen molar-refractivity contribution in [2.75, 3.05) is 18.2 Å². The molecule has 0 bridgehead atoms. The second kappa shape index (κ2) is 6.46. The van der Waals surface area contributed by atoms with E-state index in [1.54, 1.807) is 16.6 Å². The molecule has 0 radical (unpaired) electrons. The van der Waals surface area contributed by atoms with Crippen LogP contribution < -0.4 is 16.3 Å². The van der Waals surface area contributed by atoms with Crippen LogP contribution in [0.1, 0.15) is 5.56 Å². The third-order valence-corrected chi connectivity index (χ3v) is 5.13. The number of β-amino-alcohol motifs (C(OH)–C–C–N with tert-alkyl or cyclic N) is 1. The average molecular weight is 433 g/mol. The van der Waals surface area contributed by atoms with E-state index in [0.29, 0.717) is 23.7 Å². The van der Waals surface area contributed by atoms with Crippen LogP contribution in [0.2, 0.25) is 0 Å². The number of aryl methyl sites for hydroxylation is 1. The molecule has 0 aliphatic carbocycles. The molecule has 0 amide bonds. The van der Waals surface area contributed by atoms with E-state index in [2.05, 4.69) is 26.0 Å². The highest BCUT2D eigenvalue weighted by Crippen LogP contribution is 2.25. The number of nitrogens with zero attached hydrogens (tertiary/aromatic N) is 6. The van der Waals surface area contributed by atoms with Crippen LogP contribution in [0.25, 0.3) is 11.2 Å². The lowest BCUT2D eigenvalue weighted by Gasteiger charge is -2.25. The van der Waals surface area contributed by atoms with Crippen molar-refractivity contribution in [1.29, 1.82) is 0 Å². The van der Waals surface area contributed by atoms with E-state index in [-0.39, 0.29) is 13.2 Å². The first-order chi connectivity index (χ1) is 12.9. The topological polar surface area (TPSA) is 97.7 Å². The summed E-state index contributed by atoms with van der Waals surface area (Å²) in [7, 11) is 3.03. The highest BCUT2D eigenvalue weighted by molar-refractivity contribution is 9.10. The Morgan fingerprint density at radius 3 is 2.52 bits per heavy atom. The summed E-state index contributed by atoms with van der Waals surface area (Å²) in [6.07, 6.45) is 0. The molecular formula is C17H17BrN6O3. The molecule has 140 valence electrons. The zero-order valence-electron chi connectivity index (χ0n) is 14.8. The van der Waals surface area contributed by atoms with Gasteiger partial charge in [-0.2, -0.15) is 10.1 Å². The number of hydrogen-bond donors (Lipinski definition) is 1. The van der Waals surface area contributed by atoms with Gasteiger partial charge in [-0.3, -0.25) is 18.5 Å². The average Bonchev–Trinajstić information content (AvgIpc) is 3.05. The SMILES string of the molecule is Cn1c(=O)c2c(nc3n2CC(c2ccc(Br)cc2)=NN3CCO)n(C)c1=O. The van der Waals surface area contributed by atoms with E-state index in [4.69, 9.17) is 0 Å². The molecule has 1 aliphatic heterocycles. The summed E-state index contributed by atoms with van der Waals surface area (Å²) < 4.78 is 5.11. The fourth-order valence-electron chi connectivity index (χ4n) is 3.19. The zero-order chi connectivity index (χ0) is 19.3. The van der Waals surface area contributed by atoms with E-state index in [9.17, 15) is 14.7 Å². The number of rotatable bonds is 3. The number of halogens is 1. The van der Waals surface area contributed by atoms with Crippen LogP contribution in [0.15, 0.2) is 43.4 Å². The molecular weight excluding hydrogens is 416 g/mol. The molecule has 4 rings (SSSR count). The Balaban J connectivity index is 1.96. The Bertz CT molecular complexity index is 1190. The molecule has 3 heterocycles. The fraction of sp³-hybridized carbons (Fsp3) is 0.294. The van der Waals surface area contributed by atoms with Gasteiger partial charge in [-0.1, -0.05) is 28.1 Å². The maximum absolute atomic E-state index is 12.8. The van der Waals surface area contributed by atoms with Crippen LogP contribution in [-0.4, -0.2) is 42.7 Å². The minimum atomic E-state index is -0.439. The molecule has 1 N–H and O–H groups in total. The summed E-state index contributed by atoms with van der Waals surface area (Å²) in [5.41, 5.74) is 1.42. The molecule has 9 nitrogen and oxygen atoms in total. The number of hydrogen-bond acceptors (Lipinski definition) is 6. The molecule has 0 unspecified atom stereocenters. The Labute approximate surface area is 161 Å². The number of aliphatic hydroxyl groups excluding tert-OH is 1. The van der Waals surface area contributed by atoms with Crippen molar-refractivity contribution in [3.63, 3.8) is 0 Å². The Kier molecular flexibility index (Phi) is 4.23. The standard InChI is InChI=1S/C17H17BrN6O3/c1-21-14-13(15(26)22(2)17(21)27)23-9-12(10-3-5-11(18)6-4-10)20-24(7-8-25)16(23)19-14/h3-6,25H,7-9H2,1-2H3. The van der Waals surface area contributed by atoms with Gasteiger partial charge in [0.25, 0.3) is 5.56 Å². The summed E-state index contributed by atoms with van der Waals surface area (Å²) in [5, 5.41) is 15.6. The van der Waals surface area contributed by atoms with E-state index >= 15 is 0 Å². The second-order valence-electron chi connectivity index (χ2n) is 6.28. The van der Waals surface area contributed by atoms with Gasteiger partial charge in [0.05, 0.1) is 25.4 Å². The van der Waals surface area contributed by atoms with Crippen molar-refractivity contribution >= 4 is 38.8 Å². The van der Waals surface area contributed by atoms with Crippen molar-refractivity contribution in [1.82, 2.24) is 18.7 Å². The zero-order valence-corrected chi connectivity index (χ0v) is 16.3. The van der Waals surface area contributed by atoms with Crippen LogP contribution in [0.5, 0.6) is 0 Å². The van der Waals surface area contributed by atoms with Crippen molar-refractivity contribution in [2.45, 2.75) is 6.54 Å². The summed E-state index contributed by atoms with van der Waals surface area (Å²) in [5.74, 6) is 0.429. The van der Waals surface area contributed by atoms with Gasteiger partial charge < -0.3 is 5.11 Å². The van der Waals surface area contributed by atoms with Crippen molar-refractivity contribution in [2.24, 2.45) is 19.2 Å². The second-order valence-corrected chi connectivity index (χ2v) is 7.19. The smallest absolute Gasteiger partial charge is 0.332 e. The van der Waals surface area contributed by atoms with Gasteiger partial charge in [0, 0.05) is 18.6 Å². The Morgan fingerprint density at radius 2 is 1.85 bits per heavy atom. The van der Waals surface area contributed by atoms with Crippen LogP contribution >= 0.6 is 15.9 Å². The monoisotopic (exact) mass is 432 g/mol. The van der Waals surface area contributed by atoms with Gasteiger partial charge in [-0.05, 0) is 17.7 Å². The minimum Gasteiger partial charge on any atom is -0.394 e. The molecule has 0 saturated carbocycles. The number of aromatic nitrogens is 4. The van der Waals surface area contributed by atoms with Gasteiger partial charge >= 0.3 is 5.69 Å². The molecule has 1 aromatic carbocycles. The van der Waals surface area contributed by atoms with E-state index in [1.807, 2.05) is 24.3 Å². The molecule has 1 aliphatic rings. The lowest BCUT2D eigenvalue weighted by molar-refractivity contribution is 0.301. The molecule has 0 saturated heterocycles. The quantitative estimate of drug-likeness (QED) is 0.646. The Hall–Kier alpha value is -2.72. The van der Waals surface area contributed by atoms with E-state index in [1.165, 1.54) is 11.6 Å². The summed E-state index contributed by atoms with van der Waals surface area (Å²) in [4.78, 5) is 29.5. The molecule has 0 spiro atoms. The first kappa shape index (κ1) is 17.7. The van der Waals surface area contributed by atoms with Crippen molar-refractivity contribution in [3.8, 4) is 0 Å². The van der Waals surface area contributed by atoms with Crippen LogP contribution in [0.3, 0.4) is 0 Å². The fourth-order valence-corrected chi connectivity index (χ4v) is 3.45. The molecule has 27 heavy (non-hydrogen) atoms. The maximum Gasteiger partial charge on any atom is 0.332 e. The molecule has 3 aromatic rings. The number of aliphatic hydroxyl groups is 1. The first-order valence-corrected chi connectivity index (χ1v) is 9.09. The van der Waals surface area contributed by atoms with Gasteiger partial charge in [0.1, 0.15) is 0 Å².